The number of rotatable bonds is 2. The van der Waals surface area contributed by atoms with E-state index in [0.717, 1.165) is 9.88 Å². The maximum atomic E-state index is 13.3. The van der Waals surface area contributed by atoms with E-state index in [1.165, 1.54) is 6.07 Å². The van der Waals surface area contributed by atoms with Crippen LogP contribution in [0.3, 0.4) is 0 Å². The molecule has 1 aromatic heterocycles. The van der Waals surface area contributed by atoms with Gasteiger partial charge in [-0.15, -0.1) is 11.3 Å². The van der Waals surface area contributed by atoms with Gasteiger partial charge >= 0.3 is 0 Å². The Balaban J connectivity index is 2.23. The summed E-state index contributed by atoms with van der Waals surface area (Å²) >= 11 is 1.61. The molecule has 0 bridgehead atoms. The fourth-order valence-corrected chi connectivity index (χ4v) is 2.10. The average molecular weight is 207 g/mol. The molecule has 14 heavy (non-hydrogen) atoms. The van der Waals surface area contributed by atoms with Crippen LogP contribution in [0.25, 0.3) is 0 Å². The number of hydrogen-bond acceptors (Lipinski definition) is 2. The zero-order valence-electron chi connectivity index (χ0n) is 7.83. The van der Waals surface area contributed by atoms with Crippen LogP contribution < -0.4 is 0 Å². The van der Waals surface area contributed by atoms with Crippen LogP contribution >= 0.6 is 11.3 Å². The van der Waals surface area contributed by atoms with E-state index in [-0.39, 0.29) is 5.82 Å². The Morgan fingerprint density at radius 1 is 1.36 bits per heavy atom. The maximum Gasteiger partial charge on any atom is 0.126 e. The average Bonchev–Trinajstić information content (AvgIpc) is 2.56. The van der Waals surface area contributed by atoms with E-state index in [1.807, 2.05) is 19.2 Å². The van der Waals surface area contributed by atoms with Gasteiger partial charge in [0.25, 0.3) is 0 Å². The minimum Gasteiger partial charge on any atom is -0.249 e. The highest BCUT2D eigenvalue weighted by Crippen LogP contribution is 2.17. The normalized spacial score (nSPS) is 10.4. The fourth-order valence-electron chi connectivity index (χ4n) is 1.29. The Labute approximate surface area is 86.2 Å². The molecule has 0 radical (unpaired) electrons. The molecular weight excluding hydrogens is 197 g/mol. The molecule has 0 saturated carbocycles. The first-order chi connectivity index (χ1) is 6.75. The summed E-state index contributed by atoms with van der Waals surface area (Å²) in [5.41, 5.74) is 0.710. The zero-order chi connectivity index (χ0) is 9.97. The van der Waals surface area contributed by atoms with E-state index in [1.54, 1.807) is 23.5 Å². The molecular formula is C11H10FNS. The van der Waals surface area contributed by atoms with Gasteiger partial charge in [-0.3, -0.25) is 0 Å². The van der Waals surface area contributed by atoms with Gasteiger partial charge in [-0.1, -0.05) is 18.2 Å². The standard InChI is InChI=1S/C11H10FNS/c1-8-7-13-11(14-8)6-9-4-2-3-5-10(9)12/h2-5,7H,6H2,1H3. The van der Waals surface area contributed by atoms with E-state index in [9.17, 15) is 4.39 Å². The molecule has 0 saturated heterocycles. The molecule has 3 heteroatoms. The van der Waals surface area contributed by atoms with Crippen LogP contribution in [0.4, 0.5) is 4.39 Å². The van der Waals surface area contributed by atoms with Crippen molar-refractivity contribution < 1.29 is 4.39 Å². The van der Waals surface area contributed by atoms with Gasteiger partial charge in [0.05, 0.1) is 5.01 Å². The Hall–Kier alpha value is -1.22. The predicted molar refractivity (Wildman–Crippen MR) is 56.1 cm³/mol. The highest BCUT2D eigenvalue weighted by atomic mass is 32.1. The second-order valence-corrected chi connectivity index (χ2v) is 4.45. The SMILES string of the molecule is Cc1cnc(Cc2ccccc2F)s1. The highest BCUT2D eigenvalue weighted by molar-refractivity contribution is 7.11. The molecule has 0 fully saturated rings. The van der Waals surface area contributed by atoms with E-state index >= 15 is 0 Å². The first-order valence-electron chi connectivity index (χ1n) is 4.40. The van der Waals surface area contributed by atoms with Crippen molar-refractivity contribution in [2.75, 3.05) is 0 Å². The second kappa shape index (κ2) is 3.88. The largest absolute Gasteiger partial charge is 0.249 e. The fraction of sp³-hybridized carbons (Fsp3) is 0.182. The summed E-state index contributed by atoms with van der Waals surface area (Å²) in [5, 5.41) is 0.965. The summed E-state index contributed by atoms with van der Waals surface area (Å²) in [7, 11) is 0. The molecule has 2 aromatic rings. The molecule has 0 spiro atoms. The van der Waals surface area contributed by atoms with Crippen LogP contribution in [0.1, 0.15) is 15.4 Å². The summed E-state index contributed by atoms with van der Waals surface area (Å²) in [6.45, 7) is 2.00. The third kappa shape index (κ3) is 1.99. The molecule has 0 N–H and O–H groups in total. The first kappa shape index (κ1) is 9.34. The number of halogens is 1. The van der Waals surface area contributed by atoms with Gasteiger partial charge in [-0.2, -0.15) is 0 Å². The van der Waals surface area contributed by atoms with Gasteiger partial charge in [0.1, 0.15) is 5.82 Å². The molecule has 72 valence electrons. The number of hydrogen-bond donors (Lipinski definition) is 0. The summed E-state index contributed by atoms with van der Waals surface area (Å²) in [4.78, 5) is 5.37. The van der Waals surface area contributed by atoms with Crippen molar-refractivity contribution in [1.29, 1.82) is 0 Å². The number of aryl methyl sites for hydroxylation is 1. The number of benzene rings is 1. The van der Waals surface area contributed by atoms with Gasteiger partial charge < -0.3 is 0 Å². The third-order valence-corrected chi connectivity index (χ3v) is 2.88. The van der Waals surface area contributed by atoms with Crippen LogP contribution in [-0.2, 0) is 6.42 Å². The minimum atomic E-state index is -0.152. The molecule has 0 unspecified atom stereocenters. The summed E-state index contributed by atoms with van der Waals surface area (Å²) in [5.74, 6) is -0.152. The minimum absolute atomic E-state index is 0.152. The smallest absolute Gasteiger partial charge is 0.126 e. The Bertz CT molecular complexity index is 436. The third-order valence-electron chi connectivity index (χ3n) is 1.97. The van der Waals surface area contributed by atoms with Gasteiger partial charge in [0.15, 0.2) is 0 Å². The lowest BCUT2D eigenvalue weighted by Gasteiger charge is -1.98. The van der Waals surface area contributed by atoms with E-state index in [4.69, 9.17) is 0 Å². The molecule has 1 aromatic carbocycles. The number of aromatic nitrogens is 1. The molecule has 1 heterocycles. The molecule has 0 aliphatic heterocycles. The van der Waals surface area contributed by atoms with Crippen molar-refractivity contribution in [2.24, 2.45) is 0 Å². The Morgan fingerprint density at radius 3 is 2.79 bits per heavy atom. The Kier molecular flexibility index (Phi) is 2.59. The Morgan fingerprint density at radius 2 is 2.14 bits per heavy atom. The van der Waals surface area contributed by atoms with Crippen molar-refractivity contribution >= 4 is 11.3 Å². The van der Waals surface area contributed by atoms with Crippen LogP contribution in [0.5, 0.6) is 0 Å². The van der Waals surface area contributed by atoms with Crippen LogP contribution in [0, 0.1) is 12.7 Å². The molecule has 0 aliphatic rings. The molecule has 2 rings (SSSR count). The van der Waals surface area contributed by atoms with Gasteiger partial charge in [-0.05, 0) is 18.6 Å². The summed E-state index contributed by atoms with van der Waals surface area (Å²) < 4.78 is 13.3. The van der Waals surface area contributed by atoms with Crippen LogP contribution in [0.2, 0.25) is 0 Å². The van der Waals surface area contributed by atoms with E-state index < -0.39 is 0 Å². The number of thiazole rings is 1. The molecule has 0 aliphatic carbocycles. The van der Waals surface area contributed by atoms with Crippen molar-refractivity contribution in [3.8, 4) is 0 Å². The zero-order valence-corrected chi connectivity index (χ0v) is 8.64. The molecule has 0 atom stereocenters. The molecule has 0 amide bonds. The monoisotopic (exact) mass is 207 g/mol. The summed E-state index contributed by atoms with van der Waals surface area (Å²) in [6, 6.07) is 6.83. The summed E-state index contributed by atoms with van der Waals surface area (Å²) in [6.07, 6.45) is 2.41. The van der Waals surface area contributed by atoms with Crippen molar-refractivity contribution in [3.63, 3.8) is 0 Å². The van der Waals surface area contributed by atoms with Crippen molar-refractivity contribution in [3.05, 3.63) is 51.7 Å². The maximum absolute atomic E-state index is 13.3. The van der Waals surface area contributed by atoms with E-state index in [0.29, 0.717) is 12.0 Å². The number of nitrogens with zero attached hydrogens (tertiary/aromatic N) is 1. The van der Waals surface area contributed by atoms with Crippen LogP contribution in [-0.4, -0.2) is 4.98 Å². The first-order valence-corrected chi connectivity index (χ1v) is 5.22. The van der Waals surface area contributed by atoms with Gasteiger partial charge in [-0.25, -0.2) is 9.37 Å². The topological polar surface area (TPSA) is 12.9 Å². The lowest BCUT2D eigenvalue weighted by molar-refractivity contribution is 0.614. The highest BCUT2D eigenvalue weighted by Gasteiger charge is 2.04. The van der Waals surface area contributed by atoms with Crippen LogP contribution in [0.15, 0.2) is 30.5 Å². The van der Waals surface area contributed by atoms with E-state index in [2.05, 4.69) is 4.98 Å². The lowest BCUT2D eigenvalue weighted by atomic mass is 10.1. The quantitative estimate of drug-likeness (QED) is 0.737. The van der Waals surface area contributed by atoms with Crippen molar-refractivity contribution in [1.82, 2.24) is 4.98 Å². The van der Waals surface area contributed by atoms with Crippen molar-refractivity contribution in [2.45, 2.75) is 13.3 Å². The van der Waals surface area contributed by atoms with Gasteiger partial charge in [0, 0.05) is 17.5 Å². The molecule has 1 nitrogen and oxygen atoms in total. The second-order valence-electron chi connectivity index (χ2n) is 3.13. The van der Waals surface area contributed by atoms with Gasteiger partial charge in [0.2, 0.25) is 0 Å². The lowest BCUT2D eigenvalue weighted by Crippen LogP contribution is -1.90. The predicted octanol–water partition coefficient (Wildman–Crippen LogP) is 3.18.